The number of nitrogens with two attached hydrogens (primary N) is 2. The second kappa shape index (κ2) is 5.40. The van der Waals surface area contributed by atoms with Gasteiger partial charge in [-0.3, -0.25) is 9.78 Å². The number of H-pyrrole nitrogens is 1. The molecule has 0 fully saturated rings. The topological polar surface area (TPSA) is 122 Å². The number of nitrogen functional groups attached to an aromatic ring is 2. The van der Waals surface area contributed by atoms with Crippen LogP contribution in [0, 0.1) is 5.41 Å². The molecule has 2 aromatic heterocycles. The number of pyridine rings is 2. The highest BCUT2D eigenvalue weighted by Gasteiger charge is 2.18. The minimum atomic E-state index is -0.437. The van der Waals surface area contributed by atoms with Crippen LogP contribution >= 0.6 is 11.6 Å². The molecule has 0 saturated heterocycles. The fraction of sp³-hybridized carbons (Fsp3) is 0.0625. The number of anilines is 2. The molecule has 0 spiro atoms. The molecule has 0 bridgehead atoms. The molecule has 0 aliphatic heterocycles. The van der Waals surface area contributed by atoms with E-state index in [2.05, 4.69) is 9.97 Å². The maximum Gasteiger partial charge on any atom is 0.272 e. The number of nitrogens with one attached hydrogen (secondary N) is 2. The molecule has 0 amide bonds. The summed E-state index contributed by atoms with van der Waals surface area (Å²) in [4.78, 5) is 19.1. The first-order chi connectivity index (χ1) is 10.9. The monoisotopic (exact) mass is 327 g/mol. The van der Waals surface area contributed by atoms with E-state index in [1.54, 1.807) is 31.2 Å². The second-order valence-electron chi connectivity index (χ2n) is 5.19. The van der Waals surface area contributed by atoms with Crippen LogP contribution in [-0.2, 0) is 0 Å². The Labute approximate surface area is 136 Å². The zero-order valence-electron chi connectivity index (χ0n) is 12.3. The summed E-state index contributed by atoms with van der Waals surface area (Å²) >= 11 is 5.95. The Morgan fingerprint density at radius 2 is 2.09 bits per heavy atom. The molecule has 2 heterocycles. The lowest BCUT2D eigenvalue weighted by atomic mass is 9.94. The SMILES string of the molecule is CC(=N)c1c(N)cccc1-c1c(N)c(=O)[nH]c2cc(Cl)cnc12. The van der Waals surface area contributed by atoms with Crippen molar-refractivity contribution in [3.63, 3.8) is 0 Å². The van der Waals surface area contributed by atoms with Crippen LogP contribution in [0.25, 0.3) is 22.2 Å². The van der Waals surface area contributed by atoms with Crippen LogP contribution in [0.2, 0.25) is 5.02 Å². The van der Waals surface area contributed by atoms with E-state index in [1.165, 1.54) is 6.20 Å². The summed E-state index contributed by atoms with van der Waals surface area (Å²) in [7, 11) is 0. The minimum Gasteiger partial charge on any atom is -0.398 e. The smallest absolute Gasteiger partial charge is 0.272 e. The Morgan fingerprint density at radius 3 is 2.78 bits per heavy atom. The average molecular weight is 328 g/mol. The van der Waals surface area contributed by atoms with Crippen LogP contribution in [0.5, 0.6) is 0 Å². The maximum absolute atomic E-state index is 12.2. The number of nitrogens with zero attached hydrogens (tertiary/aromatic N) is 1. The Balaban J connectivity index is 2.51. The van der Waals surface area contributed by atoms with E-state index in [4.69, 9.17) is 28.5 Å². The van der Waals surface area contributed by atoms with Crippen molar-refractivity contribution in [3.8, 4) is 11.1 Å². The van der Waals surface area contributed by atoms with Gasteiger partial charge >= 0.3 is 0 Å². The van der Waals surface area contributed by atoms with Crippen LogP contribution in [0.3, 0.4) is 0 Å². The number of halogens is 1. The first-order valence-electron chi connectivity index (χ1n) is 6.81. The van der Waals surface area contributed by atoms with Crippen molar-refractivity contribution >= 4 is 39.7 Å². The lowest BCUT2D eigenvalue weighted by Gasteiger charge is -2.14. The lowest BCUT2D eigenvalue weighted by molar-refractivity contribution is 1.28. The molecule has 0 radical (unpaired) electrons. The molecule has 6 N–H and O–H groups in total. The number of aromatic nitrogens is 2. The van der Waals surface area contributed by atoms with E-state index in [-0.39, 0.29) is 11.4 Å². The standard InChI is InChI=1S/C16H14ClN5O/c1-7(18)12-9(3-2-4-10(12)19)13-14(20)16(23)22-11-5-8(17)6-21-15(11)13/h2-6,18H,19-20H2,1H3,(H,22,23). The van der Waals surface area contributed by atoms with Gasteiger partial charge in [0.15, 0.2) is 0 Å². The summed E-state index contributed by atoms with van der Waals surface area (Å²) in [6.45, 7) is 1.63. The number of fused-ring (bicyclic) bond motifs is 1. The van der Waals surface area contributed by atoms with Gasteiger partial charge in [0.25, 0.3) is 5.56 Å². The number of benzene rings is 1. The normalized spacial score (nSPS) is 10.9. The van der Waals surface area contributed by atoms with E-state index < -0.39 is 5.56 Å². The van der Waals surface area contributed by atoms with Gasteiger partial charge in [-0.1, -0.05) is 23.7 Å². The second-order valence-corrected chi connectivity index (χ2v) is 5.62. The summed E-state index contributed by atoms with van der Waals surface area (Å²) in [5.74, 6) is 0. The zero-order chi connectivity index (χ0) is 16.7. The molecule has 0 unspecified atom stereocenters. The molecule has 0 saturated carbocycles. The van der Waals surface area contributed by atoms with E-state index >= 15 is 0 Å². The fourth-order valence-electron chi connectivity index (χ4n) is 2.63. The van der Waals surface area contributed by atoms with Crippen molar-refractivity contribution in [1.29, 1.82) is 5.41 Å². The van der Waals surface area contributed by atoms with Gasteiger partial charge < -0.3 is 21.9 Å². The quantitative estimate of drug-likeness (QED) is 0.427. The van der Waals surface area contributed by atoms with Crippen molar-refractivity contribution in [3.05, 3.63) is 51.4 Å². The third kappa shape index (κ3) is 2.43. The predicted octanol–water partition coefficient (Wildman–Crippen LogP) is 2.80. The van der Waals surface area contributed by atoms with Gasteiger partial charge in [0.2, 0.25) is 0 Å². The van der Waals surface area contributed by atoms with Crippen molar-refractivity contribution in [2.75, 3.05) is 11.5 Å². The molecule has 0 atom stereocenters. The van der Waals surface area contributed by atoms with Crippen molar-refractivity contribution in [2.45, 2.75) is 6.92 Å². The molecular formula is C16H14ClN5O. The molecule has 0 aliphatic carbocycles. The van der Waals surface area contributed by atoms with Crippen LogP contribution in [0.4, 0.5) is 11.4 Å². The molecule has 3 aromatic rings. The number of hydrogen-bond donors (Lipinski definition) is 4. The Hall–Kier alpha value is -2.86. The van der Waals surface area contributed by atoms with Crippen molar-refractivity contribution < 1.29 is 0 Å². The summed E-state index contributed by atoms with van der Waals surface area (Å²) < 4.78 is 0. The zero-order valence-corrected chi connectivity index (χ0v) is 13.0. The Kier molecular flexibility index (Phi) is 3.54. The van der Waals surface area contributed by atoms with Crippen LogP contribution in [0.15, 0.2) is 35.3 Å². The number of hydrogen-bond acceptors (Lipinski definition) is 5. The molecule has 0 aliphatic rings. The highest BCUT2D eigenvalue weighted by molar-refractivity contribution is 6.31. The summed E-state index contributed by atoms with van der Waals surface area (Å²) in [5, 5.41) is 8.39. The highest BCUT2D eigenvalue weighted by atomic mass is 35.5. The third-order valence-electron chi connectivity index (χ3n) is 3.59. The predicted molar refractivity (Wildman–Crippen MR) is 94.1 cm³/mol. The van der Waals surface area contributed by atoms with Crippen molar-refractivity contribution in [1.82, 2.24) is 9.97 Å². The van der Waals surface area contributed by atoms with Gasteiger partial charge in [-0.25, -0.2) is 0 Å². The number of rotatable bonds is 2. The lowest BCUT2D eigenvalue weighted by Crippen LogP contribution is -2.15. The van der Waals surface area contributed by atoms with Crippen molar-refractivity contribution in [2.24, 2.45) is 0 Å². The van der Waals surface area contributed by atoms with E-state index in [1.807, 2.05) is 0 Å². The molecule has 3 rings (SSSR count). The molecular weight excluding hydrogens is 314 g/mol. The van der Waals surface area contributed by atoms with Gasteiger partial charge in [0.05, 0.1) is 16.1 Å². The van der Waals surface area contributed by atoms with Crippen LogP contribution in [-0.4, -0.2) is 15.7 Å². The molecule has 23 heavy (non-hydrogen) atoms. The van der Waals surface area contributed by atoms with Gasteiger partial charge in [-0.2, -0.15) is 0 Å². The fourth-order valence-corrected chi connectivity index (χ4v) is 2.79. The Bertz CT molecular complexity index is 1010. The molecule has 116 valence electrons. The first-order valence-corrected chi connectivity index (χ1v) is 7.19. The maximum atomic E-state index is 12.2. The minimum absolute atomic E-state index is 0.0282. The van der Waals surface area contributed by atoms with Gasteiger partial charge in [0, 0.05) is 28.7 Å². The molecule has 7 heteroatoms. The summed E-state index contributed by atoms with van der Waals surface area (Å²) in [6.07, 6.45) is 1.48. The van der Waals surface area contributed by atoms with Crippen LogP contribution < -0.4 is 17.0 Å². The van der Waals surface area contributed by atoms with Crippen LogP contribution in [0.1, 0.15) is 12.5 Å². The van der Waals surface area contributed by atoms with Gasteiger partial charge in [0.1, 0.15) is 5.69 Å². The average Bonchev–Trinajstić information content (AvgIpc) is 2.48. The third-order valence-corrected chi connectivity index (χ3v) is 3.80. The molecule has 1 aromatic carbocycles. The first kappa shape index (κ1) is 15.1. The van der Waals surface area contributed by atoms with E-state index in [0.29, 0.717) is 38.4 Å². The number of aromatic amines is 1. The Morgan fingerprint density at radius 1 is 1.35 bits per heavy atom. The van der Waals surface area contributed by atoms with E-state index in [0.717, 1.165) is 0 Å². The highest BCUT2D eigenvalue weighted by Crippen LogP contribution is 2.35. The molecule has 6 nitrogen and oxygen atoms in total. The van der Waals surface area contributed by atoms with E-state index in [9.17, 15) is 4.79 Å². The summed E-state index contributed by atoms with van der Waals surface area (Å²) in [6, 6.07) is 6.83. The van der Waals surface area contributed by atoms with Gasteiger partial charge in [-0.15, -0.1) is 0 Å². The summed E-state index contributed by atoms with van der Waals surface area (Å²) in [5.41, 5.74) is 14.9. The largest absolute Gasteiger partial charge is 0.398 e. The van der Waals surface area contributed by atoms with Gasteiger partial charge in [-0.05, 0) is 24.6 Å².